The van der Waals surface area contributed by atoms with Gasteiger partial charge in [-0.1, -0.05) is 26.3 Å². The second-order valence-electron chi connectivity index (χ2n) is 1.74. The first-order valence-corrected chi connectivity index (χ1v) is 3.14. The van der Waals surface area contributed by atoms with E-state index in [4.69, 9.17) is 4.74 Å². The van der Waals surface area contributed by atoms with Gasteiger partial charge in [-0.25, -0.2) is 0 Å². The lowest BCUT2D eigenvalue weighted by Crippen LogP contribution is -1.84. The van der Waals surface area contributed by atoms with E-state index in [1.54, 1.807) is 0 Å². The molecule has 9 heavy (non-hydrogen) atoms. The Bertz CT molecular complexity index is 52.9. The van der Waals surface area contributed by atoms with Gasteiger partial charge in [-0.3, -0.25) is 0 Å². The monoisotopic (exact) mass is 132 g/mol. The standard InChI is InChI=1S/C7H14O.H2O/c1-3-5-6-7-8-4-2;/h4H,2-3,5-7H2,1H3;1H2. The van der Waals surface area contributed by atoms with Crippen molar-refractivity contribution in [1.82, 2.24) is 0 Å². The summed E-state index contributed by atoms with van der Waals surface area (Å²) in [6.45, 7) is 6.44. The predicted octanol–water partition coefficient (Wildman–Crippen LogP) is 1.51. The van der Waals surface area contributed by atoms with Crippen LogP contribution >= 0.6 is 0 Å². The highest BCUT2D eigenvalue weighted by molar-refractivity contribution is 4.48. The Morgan fingerprint density at radius 2 is 2.11 bits per heavy atom. The fourth-order valence-electron chi connectivity index (χ4n) is 0.519. The maximum Gasteiger partial charge on any atom is 0.0873 e. The van der Waals surface area contributed by atoms with Crippen LogP contribution < -0.4 is 0 Å². The highest BCUT2D eigenvalue weighted by atomic mass is 16.5. The van der Waals surface area contributed by atoms with Crippen LogP contribution in [0.5, 0.6) is 0 Å². The molecule has 0 saturated carbocycles. The third kappa shape index (κ3) is 11.2. The first kappa shape index (κ1) is 11.3. The summed E-state index contributed by atoms with van der Waals surface area (Å²) in [5.41, 5.74) is 0. The molecule has 0 aromatic carbocycles. The van der Waals surface area contributed by atoms with Gasteiger partial charge in [-0.05, 0) is 6.42 Å². The van der Waals surface area contributed by atoms with Crippen LogP contribution in [0.3, 0.4) is 0 Å². The molecule has 0 aromatic rings. The van der Waals surface area contributed by atoms with E-state index in [0.29, 0.717) is 0 Å². The minimum absolute atomic E-state index is 0. The van der Waals surface area contributed by atoms with E-state index < -0.39 is 0 Å². The Morgan fingerprint density at radius 3 is 2.56 bits per heavy atom. The molecule has 0 radical (unpaired) electrons. The minimum Gasteiger partial charge on any atom is -0.502 e. The van der Waals surface area contributed by atoms with Crippen molar-refractivity contribution in [2.75, 3.05) is 6.61 Å². The van der Waals surface area contributed by atoms with Gasteiger partial charge < -0.3 is 10.2 Å². The fraction of sp³-hybridized carbons (Fsp3) is 0.714. The van der Waals surface area contributed by atoms with Crippen LogP contribution in [-0.4, -0.2) is 12.1 Å². The number of hydrogen-bond acceptors (Lipinski definition) is 1. The molecule has 0 aliphatic carbocycles. The third-order valence-electron chi connectivity index (χ3n) is 0.984. The molecule has 0 aliphatic heterocycles. The second-order valence-corrected chi connectivity index (χ2v) is 1.74. The molecule has 0 amide bonds. The van der Waals surface area contributed by atoms with E-state index in [0.717, 1.165) is 13.0 Å². The van der Waals surface area contributed by atoms with Crippen molar-refractivity contribution in [2.45, 2.75) is 26.2 Å². The van der Waals surface area contributed by atoms with Crippen molar-refractivity contribution in [3.63, 3.8) is 0 Å². The van der Waals surface area contributed by atoms with Crippen LogP contribution in [0.15, 0.2) is 12.8 Å². The van der Waals surface area contributed by atoms with E-state index in [1.807, 2.05) is 0 Å². The Balaban J connectivity index is 0. The zero-order chi connectivity index (χ0) is 6.24. The second kappa shape index (κ2) is 10.5. The summed E-state index contributed by atoms with van der Waals surface area (Å²) in [6.07, 6.45) is 5.16. The van der Waals surface area contributed by atoms with E-state index in [2.05, 4.69) is 13.5 Å². The Morgan fingerprint density at radius 1 is 1.44 bits per heavy atom. The average Bonchev–Trinajstić information content (AvgIpc) is 1.81. The largest absolute Gasteiger partial charge is 0.502 e. The highest BCUT2D eigenvalue weighted by Gasteiger charge is 1.81. The molecule has 0 saturated heterocycles. The van der Waals surface area contributed by atoms with Crippen molar-refractivity contribution in [1.29, 1.82) is 0 Å². The van der Waals surface area contributed by atoms with Gasteiger partial charge >= 0.3 is 0 Å². The SMILES string of the molecule is C=COCCCCC.O. The van der Waals surface area contributed by atoms with Gasteiger partial charge in [0.15, 0.2) is 0 Å². The zero-order valence-corrected chi connectivity index (χ0v) is 6.02. The number of unbranched alkanes of at least 4 members (excludes halogenated alkanes) is 2. The lowest BCUT2D eigenvalue weighted by molar-refractivity contribution is 0.243. The predicted molar refractivity (Wildman–Crippen MR) is 39.3 cm³/mol. The van der Waals surface area contributed by atoms with Crippen LogP contribution in [0.1, 0.15) is 26.2 Å². The van der Waals surface area contributed by atoms with Crippen LogP contribution in [0, 0.1) is 0 Å². The molecule has 0 rings (SSSR count). The summed E-state index contributed by atoms with van der Waals surface area (Å²) in [5.74, 6) is 0. The molecule has 2 heteroatoms. The summed E-state index contributed by atoms with van der Waals surface area (Å²) in [4.78, 5) is 0. The molecule has 0 aromatic heterocycles. The summed E-state index contributed by atoms with van der Waals surface area (Å²) in [7, 11) is 0. The molecule has 2 nitrogen and oxygen atoms in total. The van der Waals surface area contributed by atoms with E-state index in [-0.39, 0.29) is 5.48 Å². The molecule has 0 unspecified atom stereocenters. The highest BCUT2D eigenvalue weighted by Crippen LogP contribution is 1.93. The van der Waals surface area contributed by atoms with Crippen LogP contribution in [0.2, 0.25) is 0 Å². The number of hydrogen-bond donors (Lipinski definition) is 0. The molecule has 0 bridgehead atoms. The zero-order valence-electron chi connectivity index (χ0n) is 6.02. The van der Waals surface area contributed by atoms with Crippen LogP contribution in [0.25, 0.3) is 0 Å². The Labute approximate surface area is 56.8 Å². The van der Waals surface area contributed by atoms with Crippen LogP contribution in [-0.2, 0) is 4.74 Å². The fourth-order valence-corrected chi connectivity index (χ4v) is 0.519. The van der Waals surface area contributed by atoms with E-state index in [1.165, 1.54) is 19.1 Å². The summed E-state index contributed by atoms with van der Waals surface area (Å²) >= 11 is 0. The maximum absolute atomic E-state index is 4.90. The lowest BCUT2D eigenvalue weighted by atomic mass is 10.3. The van der Waals surface area contributed by atoms with Crippen molar-refractivity contribution in [3.05, 3.63) is 12.8 Å². The van der Waals surface area contributed by atoms with Gasteiger partial charge in [0.2, 0.25) is 0 Å². The van der Waals surface area contributed by atoms with Crippen molar-refractivity contribution in [2.24, 2.45) is 0 Å². The van der Waals surface area contributed by atoms with Gasteiger partial charge in [0.1, 0.15) is 0 Å². The normalized spacial score (nSPS) is 7.67. The van der Waals surface area contributed by atoms with Crippen LogP contribution in [0.4, 0.5) is 0 Å². The van der Waals surface area contributed by atoms with Crippen molar-refractivity contribution < 1.29 is 10.2 Å². The molecule has 0 fully saturated rings. The molecular formula is C7H16O2. The molecule has 0 heterocycles. The first-order chi connectivity index (χ1) is 3.91. The summed E-state index contributed by atoms with van der Waals surface area (Å²) in [5, 5.41) is 0. The molecular weight excluding hydrogens is 116 g/mol. The van der Waals surface area contributed by atoms with Gasteiger partial charge in [0.25, 0.3) is 0 Å². The van der Waals surface area contributed by atoms with Gasteiger partial charge in [-0.2, -0.15) is 0 Å². The average molecular weight is 132 g/mol. The Kier molecular flexibility index (Phi) is 13.2. The van der Waals surface area contributed by atoms with Gasteiger partial charge in [0.05, 0.1) is 12.9 Å². The molecule has 2 N–H and O–H groups in total. The van der Waals surface area contributed by atoms with E-state index in [9.17, 15) is 0 Å². The number of rotatable bonds is 5. The third-order valence-corrected chi connectivity index (χ3v) is 0.984. The summed E-state index contributed by atoms with van der Waals surface area (Å²) < 4.78 is 4.90. The van der Waals surface area contributed by atoms with Gasteiger partial charge in [0, 0.05) is 0 Å². The van der Waals surface area contributed by atoms with Crippen molar-refractivity contribution >= 4 is 0 Å². The molecule has 0 aliphatic rings. The first-order valence-electron chi connectivity index (χ1n) is 3.14. The molecule has 0 spiro atoms. The summed E-state index contributed by atoms with van der Waals surface area (Å²) in [6, 6.07) is 0. The smallest absolute Gasteiger partial charge is 0.0873 e. The maximum atomic E-state index is 4.90. The molecule has 0 atom stereocenters. The lowest BCUT2D eigenvalue weighted by Gasteiger charge is -1.96. The minimum atomic E-state index is 0. The number of ether oxygens (including phenoxy) is 1. The topological polar surface area (TPSA) is 40.7 Å². The van der Waals surface area contributed by atoms with Gasteiger partial charge in [-0.15, -0.1) is 0 Å². The quantitative estimate of drug-likeness (QED) is 0.413. The molecule has 56 valence electrons. The van der Waals surface area contributed by atoms with E-state index >= 15 is 0 Å². The van der Waals surface area contributed by atoms with Crippen molar-refractivity contribution in [3.8, 4) is 0 Å². The Hall–Kier alpha value is -0.500.